The van der Waals surface area contributed by atoms with Crippen LogP contribution in [0.1, 0.15) is 23.2 Å². The van der Waals surface area contributed by atoms with Gasteiger partial charge in [0, 0.05) is 18.8 Å². The van der Waals surface area contributed by atoms with Crippen molar-refractivity contribution in [2.24, 2.45) is 0 Å². The van der Waals surface area contributed by atoms with Crippen molar-refractivity contribution in [2.75, 3.05) is 13.6 Å². The Bertz CT molecular complexity index is 323. The lowest BCUT2D eigenvalue weighted by Gasteiger charge is -2.01. The lowest BCUT2D eigenvalue weighted by atomic mass is 10.1. The molecule has 0 atom stereocenters. The SMILES string of the molecule is CNCCCC(=O)c1cnccc1F.Cl.Cl. The van der Waals surface area contributed by atoms with Crippen molar-refractivity contribution in [2.45, 2.75) is 12.8 Å². The molecule has 3 nitrogen and oxygen atoms in total. The quantitative estimate of drug-likeness (QED) is 0.658. The minimum absolute atomic E-state index is 0. The van der Waals surface area contributed by atoms with Gasteiger partial charge in [-0.3, -0.25) is 9.78 Å². The summed E-state index contributed by atoms with van der Waals surface area (Å²) in [7, 11) is 1.81. The Morgan fingerprint density at radius 3 is 2.75 bits per heavy atom. The monoisotopic (exact) mass is 268 g/mol. The number of hydrogen-bond acceptors (Lipinski definition) is 3. The van der Waals surface area contributed by atoms with Crippen molar-refractivity contribution in [3.8, 4) is 0 Å². The summed E-state index contributed by atoms with van der Waals surface area (Å²) in [6, 6.07) is 1.20. The van der Waals surface area contributed by atoms with E-state index in [1.165, 1.54) is 18.5 Å². The molecule has 0 bridgehead atoms. The van der Waals surface area contributed by atoms with Crippen LogP contribution in [-0.4, -0.2) is 24.4 Å². The maximum absolute atomic E-state index is 13.1. The number of aromatic nitrogens is 1. The molecule has 92 valence electrons. The molecule has 1 rings (SSSR count). The van der Waals surface area contributed by atoms with Crippen molar-refractivity contribution >= 4 is 30.6 Å². The van der Waals surface area contributed by atoms with Crippen molar-refractivity contribution in [1.29, 1.82) is 0 Å². The summed E-state index contributed by atoms with van der Waals surface area (Å²) in [4.78, 5) is 15.2. The van der Waals surface area contributed by atoms with Gasteiger partial charge in [0.15, 0.2) is 5.78 Å². The van der Waals surface area contributed by atoms with E-state index in [9.17, 15) is 9.18 Å². The molecule has 0 aliphatic heterocycles. The number of pyridine rings is 1. The smallest absolute Gasteiger partial charge is 0.167 e. The third-order valence-corrected chi connectivity index (χ3v) is 1.90. The largest absolute Gasteiger partial charge is 0.320 e. The molecule has 0 amide bonds. The number of rotatable bonds is 5. The van der Waals surface area contributed by atoms with E-state index in [0.29, 0.717) is 12.8 Å². The molecular formula is C10H15Cl2FN2O. The van der Waals surface area contributed by atoms with Crippen LogP contribution >= 0.6 is 24.8 Å². The minimum atomic E-state index is -0.491. The minimum Gasteiger partial charge on any atom is -0.320 e. The molecular weight excluding hydrogens is 254 g/mol. The van der Waals surface area contributed by atoms with E-state index in [2.05, 4.69) is 10.3 Å². The standard InChI is InChI=1S/C10H13FN2O.2ClH/c1-12-5-2-3-10(14)8-7-13-6-4-9(8)11;;/h4,6-7,12H,2-3,5H2,1H3;2*1H. The van der Waals surface area contributed by atoms with Crippen molar-refractivity contribution in [1.82, 2.24) is 10.3 Å². The van der Waals surface area contributed by atoms with Crippen LogP contribution in [0.3, 0.4) is 0 Å². The fraction of sp³-hybridized carbons (Fsp3) is 0.400. The molecule has 0 aliphatic carbocycles. The average molecular weight is 269 g/mol. The number of carbonyl (C=O) groups is 1. The van der Waals surface area contributed by atoms with E-state index in [1.54, 1.807) is 0 Å². The molecule has 0 radical (unpaired) electrons. The van der Waals surface area contributed by atoms with Gasteiger partial charge in [0.25, 0.3) is 0 Å². The summed E-state index contributed by atoms with van der Waals surface area (Å²) in [6.07, 6.45) is 3.67. The lowest BCUT2D eigenvalue weighted by molar-refractivity contribution is 0.0976. The fourth-order valence-corrected chi connectivity index (χ4v) is 1.14. The molecule has 0 unspecified atom stereocenters. The Morgan fingerprint density at radius 1 is 1.50 bits per heavy atom. The second-order valence-electron chi connectivity index (χ2n) is 2.99. The van der Waals surface area contributed by atoms with E-state index in [4.69, 9.17) is 0 Å². The van der Waals surface area contributed by atoms with Crippen LogP contribution in [0.2, 0.25) is 0 Å². The third kappa shape index (κ3) is 5.39. The molecule has 0 aliphatic rings. The Kier molecular flexibility index (Phi) is 10.5. The van der Waals surface area contributed by atoms with Crippen LogP contribution in [0.5, 0.6) is 0 Å². The Hall–Kier alpha value is -0.710. The van der Waals surface area contributed by atoms with Gasteiger partial charge in [-0.1, -0.05) is 0 Å². The number of nitrogens with one attached hydrogen (secondary N) is 1. The number of ketones is 1. The van der Waals surface area contributed by atoms with Gasteiger partial charge in [-0.2, -0.15) is 0 Å². The first-order valence-electron chi connectivity index (χ1n) is 4.53. The lowest BCUT2D eigenvalue weighted by Crippen LogP contribution is -2.10. The first kappa shape index (κ1) is 17.7. The Morgan fingerprint density at radius 2 is 2.19 bits per heavy atom. The second kappa shape index (κ2) is 9.51. The third-order valence-electron chi connectivity index (χ3n) is 1.90. The maximum atomic E-state index is 13.1. The molecule has 0 saturated heterocycles. The van der Waals surface area contributed by atoms with Crippen LogP contribution in [0.4, 0.5) is 4.39 Å². The molecule has 0 spiro atoms. The molecule has 1 N–H and O–H groups in total. The highest BCUT2D eigenvalue weighted by molar-refractivity contribution is 5.95. The Balaban J connectivity index is 0. The van der Waals surface area contributed by atoms with Crippen LogP contribution in [-0.2, 0) is 0 Å². The van der Waals surface area contributed by atoms with Gasteiger partial charge in [-0.05, 0) is 26.1 Å². The zero-order valence-corrected chi connectivity index (χ0v) is 10.5. The van der Waals surface area contributed by atoms with Crippen molar-refractivity contribution in [3.05, 3.63) is 29.8 Å². The summed E-state index contributed by atoms with van der Waals surface area (Å²) < 4.78 is 13.1. The van der Waals surface area contributed by atoms with Crippen LogP contribution in [0.25, 0.3) is 0 Å². The normalized spacial score (nSPS) is 8.88. The topological polar surface area (TPSA) is 42.0 Å². The maximum Gasteiger partial charge on any atom is 0.167 e. The highest BCUT2D eigenvalue weighted by Crippen LogP contribution is 2.08. The van der Waals surface area contributed by atoms with E-state index in [-0.39, 0.29) is 36.2 Å². The van der Waals surface area contributed by atoms with Gasteiger partial charge in [0.1, 0.15) is 5.82 Å². The summed E-state index contributed by atoms with van der Waals surface area (Å²) in [6.45, 7) is 0.758. The van der Waals surface area contributed by atoms with Crippen molar-refractivity contribution in [3.63, 3.8) is 0 Å². The predicted octanol–water partition coefficient (Wildman–Crippen LogP) is 2.25. The fourth-order valence-electron chi connectivity index (χ4n) is 1.14. The number of carbonyl (C=O) groups excluding carboxylic acids is 1. The van der Waals surface area contributed by atoms with E-state index in [0.717, 1.165) is 6.54 Å². The van der Waals surface area contributed by atoms with Gasteiger partial charge >= 0.3 is 0 Å². The molecule has 1 aromatic rings. The summed E-state index contributed by atoms with van der Waals surface area (Å²) in [5.41, 5.74) is 0.0867. The molecule has 0 aromatic carbocycles. The van der Waals surface area contributed by atoms with Gasteiger partial charge < -0.3 is 5.32 Å². The highest BCUT2D eigenvalue weighted by Gasteiger charge is 2.10. The molecule has 1 aromatic heterocycles. The molecule has 0 fully saturated rings. The number of hydrogen-bond donors (Lipinski definition) is 1. The number of nitrogens with zero attached hydrogens (tertiary/aromatic N) is 1. The van der Waals surface area contributed by atoms with E-state index >= 15 is 0 Å². The average Bonchev–Trinajstić information content (AvgIpc) is 2.18. The number of Topliss-reactive ketones (excluding diaryl/α,β-unsaturated/α-hetero) is 1. The van der Waals surface area contributed by atoms with E-state index in [1.807, 2.05) is 7.05 Å². The summed E-state index contributed by atoms with van der Waals surface area (Å²) in [5, 5.41) is 2.93. The summed E-state index contributed by atoms with van der Waals surface area (Å²) in [5.74, 6) is -0.680. The molecule has 16 heavy (non-hydrogen) atoms. The van der Waals surface area contributed by atoms with Gasteiger partial charge in [-0.25, -0.2) is 4.39 Å². The number of halogens is 3. The van der Waals surface area contributed by atoms with Crippen LogP contribution < -0.4 is 5.32 Å². The zero-order valence-electron chi connectivity index (χ0n) is 8.90. The highest BCUT2D eigenvalue weighted by atomic mass is 35.5. The van der Waals surface area contributed by atoms with Crippen molar-refractivity contribution < 1.29 is 9.18 Å². The zero-order chi connectivity index (χ0) is 10.4. The first-order chi connectivity index (χ1) is 6.75. The molecule has 0 saturated carbocycles. The van der Waals surface area contributed by atoms with Gasteiger partial charge in [0.2, 0.25) is 0 Å². The van der Waals surface area contributed by atoms with E-state index < -0.39 is 5.82 Å². The molecule has 1 heterocycles. The van der Waals surface area contributed by atoms with Crippen LogP contribution in [0.15, 0.2) is 18.5 Å². The summed E-state index contributed by atoms with van der Waals surface area (Å²) >= 11 is 0. The first-order valence-corrected chi connectivity index (χ1v) is 4.53. The second-order valence-corrected chi connectivity index (χ2v) is 2.99. The van der Waals surface area contributed by atoms with Gasteiger partial charge in [-0.15, -0.1) is 24.8 Å². The predicted molar refractivity (Wildman–Crippen MR) is 66.2 cm³/mol. The molecule has 6 heteroatoms. The Labute approximate surface area is 107 Å². The van der Waals surface area contributed by atoms with Crippen LogP contribution in [0, 0.1) is 5.82 Å². The van der Waals surface area contributed by atoms with Gasteiger partial charge in [0.05, 0.1) is 5.56 Å².